The monoisotopic (exact) mass is 295 g/mol. The molecular formula is C10H15Cl2N3OS. The van der Waals surface area contributed by atoms with Crippen molar-refractivity contribution in [2.45, 2.75) is 18.6 Å². The van der Waals surface area contributed by atoms with E-state index in [1.54, 1.807) is 12.3 Å². The van der Waals surface area contributed by atoms with E-state index in [1.807, 2.05) is 6.92 Å². The van der Waals surface area contributed by atoms with Gasteiger partial charge in [0.25, 0.3) is 0 Å². The second kappa shape index (κ2) is 6.42. The van der Waals surface area contributed by atoms with Crippen molar-refractivity contribution >= 4 is 45.6 Å². The molecule has 1 aromatic rings. The van der Waals surface area contributed by atoms with Crippen LogP contribution in [-0.2, 0) is 10.8 Å². The third-order valence-electron chi connectivity index (χ3n) is 2.37. The third-order valence-corrected chi connectivity index (χ3v) is 4.33. The first-order valence-electron chi connectivity index (χ1n) is 5.09. The Labute approximate surface area is 113 Å². The molecule has 7 heteroatoms. The molecule has 0 aliphatic heterocycles. The fourth-order valence-electron chi connectivity index (χ4n) is 1.16. The molecule has 17 heavy (non-hydrogen) atoms. The van der Waals surface area contributed by atoms with Crippen molar-refractivity contribution in [3.63, 3.8) is 0 Å². The minimum atomic E-state index is -0.821. The maximum Gasteiger partial charge on any atom is 0.147 e. The SMILES string of the molecule is CC(CCNc1nc(N)c(Cl)cc1Cl)S(C)=O. The Balaban J connectivity index is 2.58. The van der Waals surface area contributed by atoms with Gasteiger partial charge in [-0.25, -0.2) is 4.98 Å². The van der Waals surface area contributed by atoms with Gasteiger partial charge in [0.2, 0.25) is 0 Å². The van der Waals surface area contributed by atoms with Crippen molar-refractivity contribution in [3.05, 3.63) is 16.1 Å². The molecule has 0 spiro atoms. The Hall–Kier alpha value is -0.520. The third kappa shape index (κ3) is 4.33. The maximum absolute atomic E-state index is 11.2. The Bertz CT molecular complexity index is 428. The molecular weight excluding hydrogens is 281 g/mol. The summed E-state index contributed by atoms with van der Waals surface area (Å²) in [5.74, 6) is 0.744. The van der Waals surface area contributed by atoms with Gasteiger partial charge in [-0.05, 0) is 12.5 Å². The van der Waals surface area contributed by atoms with E-state index < -0.39 is 10.8 Å². The summed E-state index contributed by atoms with van der Waals surface area (Å²) < 4.78 is 11.2. The van der Waals surface area contributed by atoms with E-state index in [2.05, 4.69) is 10.3 Å². The van der Waals surface area contributed by atoms with Crippen molar-refractivity contribution in [3.8, 4) is 0 Å². The number of nitrogens with two attached hydrogens (primary N) is 1. The average molecular weight is 296 g/mol. The molecule has 4 nitrogen and oxygen atoms in total. The van der Waals surface area contributed by atoms with E-state index >= 15 is 0 Å². The molecule has 0 saturated carbocycles. The summed E-state index contributed by atoms with van der Waals surface area (Å²) in [5, 5.41) is 3.94. The van der Waals surface area contributed by atoms with Gasteiger partial charge in [-0.2, -0.15) is 0 Å². The molecule has 96 valence electrons. The highest BCUT2D eigenvalue weighted by Gasteiger charge is 2.09. The smallest absolute Gasteiger partial charge is 0.147 e. The van der Waals surface area contributed by atoms with Gasteiger partial charge in [0, 0.05) is 28.9 Å². The quantitative estimate of drug-likeness (QED) is 0.876. The Morgan fingerprint density at radius 1 is 1.53 bits per heavy atom. The van der Waals surface area contributed by atoms with Crippen molar-refractivity contribution in [1.29, 1.82) is 0 Å². The van der Waals surface area contributed by atoms with Crippen molar-refractivity contribution in [2.24, 2.45) is 0 Å². The zero-order valence-electron chi connectivity index (χ0n) is 9.67. The molecule has 0 aliphatic carbocycles. The van der Waals surface area contributed by atoms with Crippen LogP contribution in [0.3, 0.4) is 0 Å². The molecule has 0 aromatic carbocycles. The minimum absolute atomic E-state index is 0.130. The van der Waals surface area contributed by atoms with E-state index in [0.717, 1.165) is 6.42 Å². The van der Waals surface area contributed by atoms with E-state index in [4.69, 9.17) is 28.9 Å². The second-order valence-corrected chi connectivity index (χ2v) is 6.33. The maximum atomic E-state index is 11.2. The van der Waals surface area contributed by atoms with E-state index in [0.29, 0.717) is 22.4 Å². The molecule has 3 N–H and O–H groups in total. The summed E-state index contributed by atoms with van der Waals surface area (Å²) in [6.45, 7) is 2.57. The Morgan fingerprint density at radius 2 is 2.18 bits per heavy atom. The lowest BCUT2D eigenvalue weighted by molar-refractivity contribution is 0.672. The molecule has 0 amide bonds. The van der Waals surface area contributed by atoms with Gasteiger partial charge in [-0.3, -0.25) is 4.21 Å². The molecule has 0 aliphatic rings. The van der Waals surface area contributed by atoms with Gasteiger partial charge in [0.1, 0.15) is 11.6 Å². The highest BCUT2D eigenvalue weighted by molar-refractivity contribution is 7.84. The van der Waals surface area contributed by atoms with Crippen LogP contribution in [0.15, 0.2) is 6.07 Å². The molecule has 1 heterocycles. The number of nitrogens with one attached hydrogen (secondary N) is 1. The number of nitrogens with zero attached hydrogens (tertiary/aromatic N) is 1. The summed E-state index contributed by atoms with van der Waals surface area (Å²) >= 11 is 11.7. The highest BCUT2D eigenvalue weighted by atomic mass is 35.5. The molecule has 1 aromatic heterocycles. The number of hydrogen-bond acceptors (Lipinski definition) is 4. The van der Waals surface area contributed by atoms with Gasteiger partial charge in [-0.1, -0.05) is 30.1 Å². The normalized spacial score (nSPS) is 14.4. The van der Waals surface area contributed by atoms with Crippen LogP contribution in [0.1, 0.15) is 13.3 Å². The van der Waals surface area contributed by atoms with Crippen LogP contribution in [0.2, 0.25) is 10.0 Å². The first kappa shape index (κ1) is 14.5. The van der Waals surface area contributed by atoms with Crippen LogP contribution in [0.4, 0.5) is 11.6 Å². The Kier molecular flexibility index (Phi) is 5.49. The minimum Gasteiger partial charge on any atom is -0.382 e. The van der Waals surface area contributed by atoms with Crippen LogP contribution in [0, 0.1) is 0 Å². The van der Waals surface area contributed by atoms with E-state index in [1.165, 1.54) is 0 Å². The van der Waals surface area contributed by atoms with Gasteiger partial charge in [0.05, 0.1) is 10.0 Å². The van der Waals surface area contributed by atoms with Gasteiger partial charge in [-0.15, -0.1) is 0 Å². The van der Waals surface area contributed by atoms with Gasteiger partial charge in [0.15, 0.2) is 0 Å². The predicted molar refractivity (Wildman–Crippen MR) is 75.3 cm³/mol. The number of rotatable bonds is 5. The lowest BCUT2D eigenvalue weighted by Crippen LogP contribution is -2.15. The van der Waals surface area contributed by atoms with Gasteiger partial charge >= 0.3 is 0 Å². The van der Waals surface area contributed by atoms with E-state index in [-0.39, 0.29) is 11.1 Å². The summed E-state index contributed by atoms with van der Waals surface area (Å²) in [6.07, 6.45) is 2.46. The predicted octanol–water partition coefficient (Wildman–Crippen LogP) is 2.54. The molecule has 2 unspecified atom stereocenters. The molecule has 0 fully saturated rings. The fraction of sp³-hybridized carbons (Fsp3) is 0.500. The van der Waals surface area contributed by atoms with Crippen molar-refractivity contribution < 1.29 is 4.21 Å². The number of anilines is 2. The number of hydrogen-bond donors (Lipinski definition) is 2. The molecule has 0 bridgehead atoms. The fourth-order valence-corrected chi connectivity index (χ4v) is 2.04. The standard InChI is InChI=1S/C10H15Cl2N3OS/c1-6(17(2)16)3-4-14-10-8(12)5-7(11)9(13)15-10/h5-6H,3-4H2,1-2H3,(H3,13,14,15). The van der Waals surface area contributed by atoms with Gasteiger partial charge < -0.3 is 11.1 Å². The zero-order valence-corrected chi connectivity index (χ0v) is 12.0. The summed E-state index contributed by atoms with van der Waals surface area (Å²) in [7, 11) is -0.821. The molecule has 0 radical (unpaired) electrons. The molecule has 0 saturated heterocycles. The van der Waals surface area contributed by atoms with Crippen molar-refractivity contribution in [1.82, 2.24) is 4.98 Å². The number of aromatic nitrogens is 1. The van der Waals surface area contributed by atoms with E-state index in [9.17, 15) is 4.21 Å². The second-order valence-electron chi connectivity index (χ2n) is 3.71. The Morgan fingerprint density at radius 3 is 2.76 bits per heavy atom. The van der Waals surface area contributed by atoms with Crippen LogP contribution < -0.4 is 11.1 Å². The highest BCUT2D eigenvalue weighted by Crippen LogP contribution is 2.27. The van der Waals surface area contributed by atoms with Crippen LogP contribution in [0.5, 0.6) is 0 Å². The van der Waals surface area contributed by atoms with Crippen LogP contribution >= 0.6 is 23.2 Å². The lowest BCUT2D eigenvalue weighted by Gasteiger charge is -2.11. The topological polar surface area (TPSA) is 68.0 Å². The average Bonchev–Trinajstić information content (AvgIpc) is 2.25. The number of nitrogen functional groups attached to an aromatic ring is 1. The molecule has 1 rings (SSSR count). The largest absolute Gasteiger partial charge is 0.382 e. The first-order chi connectivity index (χ1) is 7.91. The van der Waals surface area contributed by atoms with Crippen LogP contribution in [-0.4, -0.2) is 27.2 Å². The summed E-state index contributed by atoms with van der Waals surface area (Å²) in [6, 6.07) is 1.55. The zero-order chi connectivity index (χ0) is 13.0. The molecule has 2 atom stereocenters. The first-order valence-corrected chi connectivity index (χ1v) is 7.47. The number of pyridine rings is 1. The summed E-state index contributed by atoms with van der Waals surface area (Å²) in [5.41, 5.74) is 5.58. The lowest BCUT2D eigenvalue weighted by atomic mass is 10.3. The summed E-state index contributed by atoms with van der Waals surface area (Å²) in [4.78, 5) is 4.04. The number of halogens is 2. The van der Waals surface area contributed by atoms with Crippen LogP contribution in [0.25, 0.3) is 0 Å². The van der Waals surface area contributed by atoms with Crippen molar-refractivity contribution in [2.75, 3.05) is 23.9 Å².